The highest BCUT2D eigenvalue weighted by Crippen LogP contribution is 2.27. The number of carbonyl (C=O) groups is 1. The number of rotatable bonds is 2. The number of sulfone groups is 1. The molecule has 0 fully saturated rings. The minimum atomic E-state index is -3.36. The molecule has 1 unspecified atom stereocenters. The number of allylic oxidation sites excluding steroid dienone is 1. The average Bonchev–Trinajstić information content (AvgIpc) is 2.04. The van der Waals surface area contributed by atoms with Crippen molar-refractivity contribution in [2.45, 2.75) is 6.42 Å². The van der Waals surface area contributed by atoms with Crippen LogP contribution in [0, 0.1) is 5.92 Å². The molecule has 1 aliphatic rings. The van der Waals surface area contributed by atoms with Gasteiger partial charge in [0.1, 0.15) is 4.36 Å². The van der Waals surface area contributed by atoms with Crippen LogP contribution in [-0.4, -0.2) is 25.2 Å². The van der Waals surface area contributed by atoms with Crippen molar-refractivity contribution in [2.75, 3.05) is 5.75 Å². The van der Waals surface area contributed by atoms with Gasteiger partial charge < -0.3 is 5.11 Å². The molecule has 68 valence electrons. The van der Waals surface area contributed by atoms with Gasteiger partial charge in [0.05, 0.1) is 12.2 Å². The molecule has 0 aromatic carbocycles. The van der Waals surface area contributed by atoms with Crippen molar-refractivity contribution in [3.63, 3.8) is 0 Å². The predicted octanol–water partition coefficient (Wildman–Crippen LogP) is 0.586. The highest BCUT2D eigenvalue weighted by atomic mass is 35.5. The number of carboxylic acid groups (broad SMARTS) is 1. The molecule has 0 saturated carbocycles. The lowest BCUT2D eigenvalue weighted by molar-refractivity contribution is -0.137. The number of carboxylic acids is 1. The Bertz CT molecular complexity index is 329. The fourth-order valence-corrected chi connectivity index (χ4v) is 2.74. The molecule has 1 rings (SSSR count). The lowest BCUT2D eigenvalue weighted by Gasteiger charge is -1.99. The van der Waals surface area contributed by atoms with Crippen molar-refractivity contribution >= 4 is 27.4 Å². The molecule has 0 radical (unpaired) electrons. The van der Waals surface area contributed by atoms with Crippen molar-refractivity contribution in [1.29, 1.82) is 0 Å². The van der Waals surface area contributed by atoms with E-state index in [0.717, 1.165) is 0 Å². The standard InChI is InChI=1S/C6H7ClO4S/c7-5-1-4(2-6(8)9)3-12(5,10)11/h1,4H,2-3H2,(H,8,9). The molecule has 1 aliphatic heterocycles. The van der Waals surface area contributed by atoms with E-state index in [1.807, 2.05) is 0 Å². The van der Waals surface area contributed by atoms with Gasteiger partial charge in [-0.1, -0.05) is 11.6 Å². The summed E-state index contributed by atoms with van der Waals surface area (Å²) in [5, 5.41) is 8.36. The summed E-state index contributed by atoms with van der Waals surface area (Å²) in [7, 11) is -3.36. The van der Waals surface area contributed by atoms with E-state index in [9.17, 15) is 13.2 Å². The molecule has 1 N–H and O–H groups in total. The first-order valence-corrected chi connectivity index (χ1v) is 5.27. The Kier molecular flexibility index (Phi) is 2.44. The van der Waals surface area contributed by atoms with E-state index >= 15 is 0 Å². The molecule has 0 bridgehead atoms. The number of hydrogen-bond donors (Lipinski definition) is 1. The molecule has 0 amide bonds. The molecule has 1 atom stereocenters. The van der Waals surface area contributed by atoms with Crippen molar-refractivity contribution in [2.24, 2.45) is 5.92 Å². The topological polar surface area (TPSA) is 71.4 Å². The second-order valence-corrected chi connectivity index (χ2v) is 5.24. The van der Waals surface area contributed by atoms with Gasteiger partial charge in [0.15, 0.2) is 9.84 Å². The van der Waals surface area contributed by atoms with Crippen molar-refractivity contribution < 1.29 is 18.3 Å². The van der Waals surface area contributed by atoms with E-state index in [2.05, 4.69) is 0 Å². The van der Waals surface area contributed by atoms with Gasteiger partial charge in [-0.2, -0.15) is 0 Å². The molecular weight excluding hydrogens is 204 g/mol. The summed E-state index contributed by atoms with van der Waals surface area (Å²) in [4.78, 5) is 10.2. The van der Waals surface area contributed by atoms with Crippen LogP contribution < -0.4 is 0 Å². The SMILES string of the molecule is O=C(O)CC1C=C(Cl)S(=O)(=O)C1. The molecular formula is C6H7ClO4S. The molecule has 6 heteroatoms. The Morgan fingerprint density at radius 1 is 1.75 bits per heavy atom. The van der Waals surface area contributed by atoms with E-state index in [0.29, 0.717) is 0 Å². The summed E-state index contributed by atoms with van der Waals surface area (Å²) >= 11 is 5.36. The molecule has 12 heavy (non-hydrogen) atoms. The van der Waals surface area contributed by atoms with Gasteiger partial charge in [-0.15, -0.1) is 0 Å². The van der Waals surface area contributed by atoms with Crippen LogP contribution in [0.1, 0.15) is 6.42 Å². The van der Waals surface area contributed by atoms with Crippen LogP contribution in [0.2, 0.25) is 0 Å². The minimum absolute atomic E-state index is 0.182. The van der Waals surface area contributed by atoms with Gasteiger partial charge in [0.2, 0.25) is 0 Å². The minimum Gasteiger partial charge on any atom is -0.481 e. The molecule has 1 heterocycles. The van der Waals surface area contributed by atoms with Crippen LogP contribution in [0.15, 0.2) is 10.4 Å². The second kappa shape index (κ2) is 3.06. The molecule has 0 aromatic heterocycles. The first-order valence-electron chi connectivity index (χ1n) is 3.23. The van der Waals surface area contributed by atoms with Crippen LogP contribution in [0.3, 0.4) is 0 Å². The van der Waals surface area contributed by atoms with E-state index in [4.69, 9.17) is 16.7 Å². The first-order chi connectivity index (χ1) is 5.42. The van der Waals surface area contributed by atoms with Crippen LogP contribution in [-0.2, 0) is 14.6 Å². The fourth-order valence-electron chi connectivity index (χ4n) is 1.04. The Labute approximate surface area is 74.8 Å². The maximum absolute atomic E-state index is 11.0. The maximum atomic E-state index is 11.0. The number of hydrogen-bond acceptors (Lipinski definition) is 3. The zero-order valence-corrected chi connectivity index (χ0v) is 7.60. The average molecular weight is 211 g/mol. The summed E-state index contributed by atoms with van der Waals surface area (Å²) in [5.41, 5.74) is 0. The zero-order chi connectivity index (χ0) is 9.35. The van der Waals surface area contributed by atoms with Crippen molar-refractivity contribution in [3.8, 4) is 0 Å². The lowest BCUT2D eigenvalue weighted by atomic mass is 10.1. The van der Waals surface area contributed by atoms with E-state index in [-0.39, 0.29) is 16.5 Å². The smallest absolute Gasteiger partial charge is 0.303 e. The zero-order valence-electron chi connectivity index (χ0n) is 6.03. The third-order valence-corrected chi connectivity index (χ3v) is 3.96. The number of halogens is 1. The molecule has 0 aliphatic carbocycles. The summed E-state index contributed by atoms with van der Waals surface area (Å²) in [6, 6.07) is 0. The third-order valence-electron chi connectivity index (χ3n) is 1.53. The van der Waals surface area contributed by atoms with Gasteiger partial charge >= 0.3 is 5.97 Å². The second-order valence-electron chi connectivity index (χ2n) is 2.61. The summed E-state index contributed by atoms with van der Waals surface area (Å²) in [5.74, 6) is -1.67. The van der Waals surface area contributed by atoms with Gasteiger partial charge in [0, 0.05) is 5.92 Å². The molecule has 0 aromatic rings. The Morgan fingerprint density at radius 2 is 2.33 bits per heavy atom. The van der Waals surface area contributed by atoms with Gasteiger partial charge in [-0.25, -0.2) is 8.42 Å². The van der Waals surface area contributed by atoms with Crippen LogP contribution >= 0.6 is 11.6 Å². The van der Waals surface area contributed by atoms with Gasteiger partial charge in [-0.05, 0) is 6.08 Å². The summed E-state index contributed by atoms with van der Waals surface area (Å²) in [6.45, 7) is 0. The maximum Gasteiger partial charge on any atom is 0.303 e. The Balaban J connectivity index is 2.74. The summed E-state index contributed by atoms with van der Waals surface area (Å²) in [6.07, 6.45) is 1.10. The van der Waals surface area contributed by atoms with Crippen LogP contribution in [0.5, 0.6) is 0 Å². The van der Waals surface area contributed by atoms with Crippen LogP contribution in [0.25, 0.3) is 0 Å². The highest BCUT2D eigenvalue weighted by Gasteiger charge is 2.30. The number of aliphatic carboxylic acids is 1. The Morgan fingerprint density at radius 3 is 2.67 bits per heavy atom. The first kappa shape index (κ1) is 9.54. The van der Waals surface area contributed by atoms with Crippen LogP contribution in [0.4, 0.5) is 0 Å². The predicted molar refractivity (Wildman–Crippen MR) is 43.5 cm³/mol. The third kappa shape index (κ3) is 1.98. The van der Waals surface area contributed by atoms with Crippen molar-refractivity contribution in [3.05, 3.63) is 10.4 Å². The van der Waals surface area contributed by atoms with E-state index < -0.39 is 21.7 Å². The highest BCUT2D eigenvalue weighted by molar-refractivity contribution is 7.97. The fraction of sp³-hybridized carbons (Fsp3) is 0.500. The molecule has 4 nitrogen and oxygen atoms in total. The quantitative estimate of drug-likeness (QED) is 0.724. The Hall–Kier alpha value is -0.550. The van der Waals surface area contributed by atoms with E-state index in [1.165, 1.54) is 6.08 Å². The molecule has 0 saturated heterocycles. The monoisotopic (exact) mass is 210 g/mol. The van der Waals surface area contributed by atoms with Crippen molar-refractivity contribution in [1.82, 2.24) is 0 Å². The summed E-state index contributed by atoms with van der Waals surface area (Å²) < 4.78 is 21.7. The normalized spacial score (nSPS) is 26.8. The van der Waals surface area contributed by atoms with Gasteiger partial charge in [-0.3, -0.25) is 4.79 Å². The molecule has 0 spiro atoms. The largest absolute Gasteiger partial charge is 0.481 e. The lowest BCUT2D eigenvalue weighted by Crippen LogP contribution is -2.10. The van der Waals surface area contributed by atoms with Gasteiger partial charge in [0.25, 0.3) is 0 Å². The van der Waals surface area contributed by atoms with E-state index in [1.54, 1.807) is 0 Å².